The van der Waals surface area contributed by atoms with Crippen LogP contribution in [0.25, 0.3) is 0 Å². The first-order valence-corrected chi connectivity index (χ1v) is 10.1. The van der Waals surface area contributed by atoms with Crippen molar-refractivity contribution in [2.24, 2.45) is 5.10 Å². The maximum Gasteiger partial charge on any atom is 0.240 e. The van der Waals surface area contributed by atoms with E-state index in [0.29, 0.717) is 23.6 Å². The zero-order chi connectivity index (χ0) is 18.9. The maximum absolute atomic E-state index is 11.9. The molecule has 0 saturated carbocycles. The van der Waals surface area contributed by atoms with Gasteiger partial charge in [-0.1, -0.05) is 12.1 Å². The number of carbonyl (C=O) groups is 1. The van der Waals surface area contributed by atoms with Gasteiger partial charge in [0, 0.05) is 19.0 Å². The Hall–Kier alpha value is -2.32. The van der Waals surface area contributed by atoms with Crippen molar-refractivity contribution < 1.29 is 17.6 Å². The lowest BCUT2D eigenvalue weighted by molar-refractivity contribution is -0.130. The fraction of sp³-hybridized carbons (Fsp3) is 0.294. The highest BCUT2D eigenvalue weighted by atomic mass is 35.5. The van der Waals surface area contributed by atoms with E-state index in [4.69, 9.17) is 16.0 Å². The number of hydrogen-bond acceptors (Lipinski definition) is 5. The van der Waals surface area contributed by atoms with Gasteiger partial charge in [0.25, 0.3) is 0 Å². The molecule has 1 unspecified atom stereocenters. The molecule has 26 heavy (non-hydrogen) atoms. The van der Waals surface area contributed by atoms with Crippen LogP contribution in [0.15, 0.2) is 45.9 Å². The summed E-state index contributed by atoms with van der Waals surface area (Å²) in [5, 5.41) is 6.03. The molecular weight excluding hydrogens is 378 g/mol. The summed E-state index contributed by atoms with van der Waals surface area (Å²) < 4.78 is 31.2. The third-order valence-corrected chi connectivity index (χ3v) is 5.54. The normalized spacial score (nSPS) is 17.3. The van der Waals surface area contributed by atoms with Gasteiger partial charge in [0.2, 0.25) is 15.9 Å². The number of furan rings is 1. The van der Waals surface area contributed by atoms with Gasteiger partial charge in [-0.3, -0.25) is 9.52 Å². The molecule has 0 spiro atoms. The molecule has 7 nitrogen and oxygen atoms in total. The summed E-state index contributed by atoms with van der Waals surface area (Å²) in [4.78, 5) is 11.9. The molecule has 1 amide bonds. The minimum atomic E-state index is -3.32. The summed E-state index contributed by atoms with van der Waals surface area (Å²) in [6, 6.07) is 9.87. The van der Waals surface area contributed by atoms with E-state index in [0.717, 1.165) is 5.56 Å². The van der Waals surface area contributed by atoms with Crippen molar-refractivity contribution in [1.29, 1.82) is 0 Å². The Balaban J connectivity index is 1.83. The fourth-order valence-electron chi connectivity index (χ4n) is 2.69. The lowest BCUT2D eigenvalue weighted by Gasteiger charge is -2.17. The summed E-state index contributed by atoms with van der Waals surface area (Å²) in [6.07, 6.45) is 0.476. The van der Waals surface area contributed by atoms with Crippen LogP contribution < -0.4 is 4.72 Å². The molecule has 2 heterocycles. The molecule has 1 N–H and O–H groups in total. The monoisotopic (exact) mass is 395 g/mol. The van der Waals surface area contributed by atoms with Crippen LogP contribution in [-0.2, 0) is 14.8 Å². The van der Waals surface area contributed by atoms with Crippen molar-refractivity contribution in [3.63, 3.8) is 0 Å². The molecule has 0 saturated heterocycles. The predicted molar refractivity (Wildman–Crippen MR) is 99.7 cm³/mol. The first-order chi connectivity index (χ1) is 12.3. The van der Waals surface area contributed by atoms with Gasteiger partial charge < -0.3 is 4.42 Å². The molecule has 0 radical (unpaired) electrons. The Morgan fingerprint density at radius 3 is 2.54 bits per heavy atom. The highest BCUT2D eigenvalue weighted by Gasteiger charge is 2.33. The van der Waals surface area contributed by atoms with Crippen LogP contribution in [-0.4, -0.2) is 30.8 Å². The number of hydrogen-bond donors (Lipinski definition) is 1. The maximum atomic E-state index is 11.9. The number of benzene rings is 1. The Morgan fingerprint density at radius 1 is 1.31 bits per heavy atom. The van der Waals surface area contributed by atoms with Crippen molar-refractivity contribution >= 4 is 38.9 Å². The van der Waals surface area contributed by atoms with Crippen molar-refractivity contribution in [1.82, 2.24) is 5.01 Å². The van der Waals surface area contributed by atoms with Crippen LogP contribution in [0.1, 0.15) is 37.6 Å². The summed E-state index contributed by atoms with van der Waals surface area (Å²) >= 11 is 5.84. The van der Waals surface area contributed by atoms with Crippen molar-refractivity contribution in [2.45, 2.75) is 26.3 Å². The number of halogens is 1. The van der Waals surface area contributed by atoms with Crippen molar-refractivity contribution in [3.05, 3.63) is 52.9 Å². The molecule has 138 valence electrons. The Morgan fingerprint density at radius 2 is 2.00 bits per heavy atom. The highest BCUT2D eigenvalue weighted by molar-refractivity contribution is 7.92. The topological polar surface area (TPSA) is 92.0 Å². The van der Waals surface area contributed by atoms with Crippen molar-refractivity contribution in [3.8, 4) is 0 Å². The summed E-state index contributed by atoms with van der Waals surface area (Å²) in [7, 11) is -3.32. The number of rotatable bonds is 5. The van der Waals surface area contributed by atoms with Crippen LogP contribution in [0, 0.1) is 0 Å². The average molecular weight is 396 g/mol. The number of nitrogens with zero attached hydrogens (tertiary/aromatic N) is 2. The minimum absolute atomic E-state index is 0.00240. The third kappa shape index (κ3) is 3.91. The summed E-state index contributed by atoms with van der Waals surface area (Å²) in [5.41, 5.74) is 1.99. The van der Waals surface area contributed by atoms with Crippen LogP contribution >= 0.6 is 11.6 Å². The molecular formula is C17H18ClN3O4S. The van der Waals surface area contributed by atoms with Crippen LogP contribution in [0.4, 0.5) is 5.69 Å². The van der Waals surface area contributed by atoms with E-state index in [1.54, 1.807) is 43.3 Å². The molecule has 2 aromatic rings. The summed E-state index contributed by atoms with van der Waals surface area (Å²) in [6.45, 7) is 3.01. The number of sulfonamides is 1. The van der Waals surface area contributed by atoms with Gasteiger partial charge in [-0.05, 0) is 48.4 Å². The molecule has 0 fully saturated rings. The van der Waals surface area contributed by atoms with Gasteiger partial charge in [-0.15, -0.1) is 0 Å². The van der Waals surface area contributed by atoms with E-state index < -0.39 is 10.0 Å². The second-order valence-electron chi connectivity index (χ2n) is 5.85. The third-order valence-electron chi connectivity index (χ3n) is 4.03. The zero-order valence-corrected chi connectivity index (χ0v) is 15.8. The van der Waals surface area contributed by atoms with E-state index in [-0.39, 0.29) is 22.9 Å². The van der Waals surface area contributed by atoms with E-state index in [1.165, 1.54) is 11.9 Å². The largest absolute Gasteiger partial charge is 0.447 e. The smallest absolute Gasteiger partial charge is 0.240 e. The Kier molecular flexibility index (Phi) is 5.06. The Bertz CT molecular complexity index is 951. The second-order valence-corrected chi connectivity index (χ2v) is 8.24. The highest BCUT2D eigenvalue weighted by Crippen LogP contribution is 2.34. The zero-order valence-electron chi connectivity index (χ0n) is 14.3. The van der Waals surface area contributed by atoms with Gasteiger partial charge in [-0.25, -0.2) is 13.4 Å². The predicted octanol–water partition coefficient (Wildman–Crippen LogP) is 3.39. The first kappa shape index (κ1) is 18.5. The Labute approximate surface area is 156 Å². The van der Waals surface area contributed by atoms with E-state index in [1.807, 2.05) is 0 Å². The lowest BCUT2D eigenvalue weighted by atomic mass is 10.0. The molecule has 3 rings (SSSR count). The van der Waals surface area contributed by atoms with E-state index in [9.17, 15) is 13.2 Å². The van der Waals surface area contributed by atoms with Gasteiger partial charge >= 0.3 is 0 Å². The lowest BCUT2D eigenvalue weighted by Crippen LogP contribution is -2.23. The van der Waals surface area contributed by atoms with Gasteiger partial charge in [0.05, 0.1) is 11.5 Å². The van der Waals surface area contributed by atoms with Crippen LogP contribution in [0.5, 0.6) is 0 Å². The molecule has 9 heteroatoms. The molecule has 1 aromatic heterocycles. The fourth-order valence-corrected chi connectivity index (χ4v) is 3.48. The standard InChI is InChI=1S/C17H18ClN3O4S/c1-3-26(23,24)20-13-6-4-12(5-7-13)14-10-15(21(19-14)11(2)22)16-8-9-17(18)25-16/h4-9,15,20H,3,10H2,1-2H3. The first-order valence-electron chi connectivity index (χ1n) is 8.02. The SMILES string of the molecule is CCS(=O)(=O)Nc1ccc(C2=NN(C(C)=O)C(c3ccc(Cl)o3)C2)cc1. The van der Waals surface area contributed by atoms with Crippen LogP contribution in [0.2, 0.25) is 5.22 Å². The number of amides is 1. The molecule has 0 aliphatic carbocycles. The van der Waals surface area contributed by atoms with E-state index in [2.05, 4.69) is 9.82 Å². The molecule has 1 aliphatic heterocycles. The van der Waals surface area contributed by atoms with Crippen molar-refractivity contribution in [2.75, 3.05) is 10.5 Å². The number of hydrazone groups is 1. The second kappa shape index (κ2) is 7.13. The molecule has 1 aromatic carbocycles. The van der Waals surface area contributed by atoms with E-state index >= 15 is 0 Å². The molecule has 0 bridgehead atoms. The van der Waals surface area contributed by atoms with Gasteiger partial charge in [0.1, 0.15) is 11.8 Å². The summed E-state index contributed by atoms with van der Waals surface area (Å²) in [5.74, 6) is 0.365. The number of nitrogens with one attached hydrogen (secondary N) is 1. The molecule has 1 aliphatic rings. The van der Waals surface area contributed by atoms with Gasteiger partial charge in [-0.2, -0.15) is 5.10 Å². The number of anilines is 1. The number of carbonyl (C=O) groups excluding carboxylic acids is 1. The quantitative estimate of drug-likeness (QED) is 0.839. The molecule has 1 atom stereocenters. The van der Waals surface area contributed by atoms with Crippen LogP contribution in [0.3, 0.4) is 0 Å². The average Bonchev–Trinajstić information content (AvgIpc) is 3.21. The minimum Gasteiger partial charge on any atom is -0.447 e. The van der Waals surface area contributed by atoms with Gasteiger partial charge in [0.15, 0.2) is 5.22 Å².